The lowest BCUT2D eigenvalue weighted by atomic mass is 10.1. The summed E-state index contributed by atoms with van der Waals surface area (Å²) in [5.41, 5.74) is 6.53. The Morgan fingerprint density at radius 3 is 2.57 bits per heavy atom. The predicted molar refractivity (Wildman–Crippen MR) is 118 cm³/mol. The molecule has 2 heterocycles. The van der Waals surface area contributed by atoms with Crippen molar-refractivity contribution in [1.29, 1.82) is 0 Å². The summed E-state index contributed by atoms with van der Waals surface area (Å²) < 4.78 is 2.11. The highest BCUT2D eigenvalue weighted by Gasteiger charge is 2.32. The number of aromatic nitrogens is 3. The summed E-state index contributed by atoms with van der Waals surface area (Å²) in [6.07, 6.45) is 7.32. The van der Waals surface area contributed by atoms with Crippen LogP contribution in [-0.2, 0) is 11.2 Å². The Kier molecular flexibility index (Phi) is 4.01. The monoisotopic (exact) mass is 396 g/mol. The van der Waals surface area contributed by atoms with E-state index < -0.39 is 0 Å². The van der Waals surface area contributed by atoms with Crippen LogP contribution in [0.4, 0.5) is 5.69 Å². The van der Waals surface area contributed by atoms with Gasteiger partial charge in [0.1, 0.15) is 0 Å². The number of H-pyrrole nitrogens is 1. The second-order valence-corrected chi connectivity index (χ2v) is 8.59. The Labute approximate surface area is 175 Å². The molecule has 0 aliphatic heterocycles. The molecule has 0 bridgehead atoms. The van der Waals surface area contributed by atoms with Gasteiger partial charge in [-0.25, -0.2) is 4.68 Å². The van der Waals surface area contributed by atoms with Gasteiger partial charge in [0.05, 0.1) is 17.8 Å². The predicted octanol–water partition coefficient (Wildman–Crippen LogP) is 5.29. The lowest BCUT2D eigenvalue weighted by Crippen LogP contribution is -2.14. The normalized spacial score (nSPS) is 16.1. The molecular weight excluding hydrogens is 372 g/mol. The van der Waals surface area contributed by atoms with E-state index in [1.54, 1.807) is 0 Å². The van der Waals surface area contributed by atoms with Crippen molar-refractivity contribution in [3.05, 3.63) is 77.7 Å². The van der Waals surface area contributed by atoms with Crippen molar-refractivity contribution in [3.8, 4) is 5.69 Å². The number of hydrogen-bond donors (Lipinski definition) is 2. The first-order valence-electron chi connectivity index (χ1n) is 10.8. The lowest BCUT2D eigenvalue weighted by Gasteiger charge is -2.09. The molecule has 2 aliphatic rings. The molecule has 2 fully saturated rings. The first-order chi connectivity index (χ1) is 14.7. The van der Waals surface area contributed by atoms with Gasteiger partial charge in [-0.1, -0.05) is 18.2 Å². The highest BCUT2D eigenvalue weighted by molar-refractivity contribution is 5.95. The van der Waals surface area contributed by atoms with Crippen LogP contribution in [0.2, 0.25) is 0 Å². The number of para-hydroxylation sites is 1. The summed E-state index contributed by atoms with van der Waals surface area (Å²) >= 11 is 0. The molecule has 2 aliphatic carbocycles. The minimum absolute atomic E-state index is 0.0127. The highest BCUT2D eigenvalue weighted by atomic mass is 16.1. The van der Waals surface area contributed by atoms with Gasteiger partial charge in [0.25, 0.3) is 0 Å². The fraction of sp³-hybridized carbons (Fsp3) is 0.280. The Balaban J connectivity index is 1.18. The number of aromatic amines is 1. The summed E-state index contributed by atoms with van der Waals surface area (Å²) in [5, 5.41) is 9.02. The molecular formula is C25H24N4O. The number of fused-ring (bicyclic) bond motifs is 1. The van der Waals surface area contributed by atoms with E-state index in [9.17, 15) is 4.79 Å². The van der Waals surface area contributed by atoms with Crippen molar-refractivity contribution in [1.82, 2.24) is 14.8 Å². The van der Waals surface area contributed by atoms with Gasteiger partial charge in [0, 0.05) is 40.3 Å². The summed E-state index contributed by atoms with van der Waals surface area (Å²) in [6, 6.07) is 18.4. The molecule has 0 radical (unpaired) electrons. The molecule has 30 heavy (non-hydrogen) atoms. The van der Waals surface area contributed by atoms with E-state index in [0.717, 1.165) is 27.8 Å². The molecule has 150 valence electrons. The van der Waals surface area contributed by atoms with E-state index in [2.05, 4.69) is 33.2 Å². The SMILES string of the molecule is O=C(Cc1c[nH]c2ccccc12)Nc1ccc(-n2nc(C3CC3)cc2C2CC2)cc1. The minimum atomic E-state index is -0.0127. The molecule has 0 atom stereocenters. The summed E-state index contributed by atoms with van der Waals surface area (Å²) in [5.74, 6) is 1.30. The van der Waals surface area contributed by atoms with Crippen LogP contribution < -0.4 is 5.32 Å². The Morgan fingerprint density at radius 2 is 1.80 bits per heavy atom. The van der Waals surface area contributed by atoms with Crippen LogP contribution in [-0.4, -0.2) is 20.7 Å². The van der Waals surface area contributed by atoms with Crippen LogP contribution in [0.5, 0.6) is 0 Å². The van der Waals surface area contributed by atoms with E-state index in [0.29, 0.717) is 18.3 Å². The second-order valence-electron chi connectivity index (χ2n) is 8.59. The Morgan fingerprint density at radius 1 is 1.03 bits per heavy atom. The number of hydrogen-bond acceptors (Lipinski definition) is 2. The molecule has 2 aromatic heterocycles. The molecule has 2 N–H and O–H groups in total. The van der Waals surface area contributed by atoms with Crippen molar-refractivity contribution < 1.29 is 4.79 Å². The van der Waals surface area contributed by atoms with Gasteiger partial charge in [-0.2, -0.15) is 5.10 Å². The maximum absolute atomic E-state index is 12.6. The van der Waals surface area contributed by atoms with Gasteiger partial charge < -0.3 is 10.3 Å². The number of rotatable bonds is 6. The first kappa shape index (κ1) is 17.5. The largest absolute Gasteiger partial charge is 0.361 e. The van der Waals surface area contributed by atoms with Gasteiger partial charge in [-0.3, -0.25) is 4.79 Å². The number of carbonyl (C=O) groups excluding carboxylic acids is 1. The molecule has 2 aromatic carbocycles. The number of nitrogens with zero attached hydrogens (tertiary/aromatic N) is 2. The van der Waals surface area contributed by atoms with Crippen molar-refractivity contribution >= 4 is 22.5 Å². The fourth-order valence-electron chi connectivity index (χ4n) is 4.21. The topological polar surface area (TPSA) is 62.7 Å². The minimum Gasteiger partial charge on any atom is -0.361 e. The van der Waals surface area contributed by atoms with E-state index >= 15 is 0 Å². The first-order valence-corrected chi connectivity index (χ1v) is 10.8. The summed E-state index contributed by atoms with van der Waals surface area (Å²) in [4.78, 5) is 15.8. The molecule has 0 unspecified atom stereocenters. The molecule has 5 nitrogen and oxygen atoms in total. The maximum atomic E-state index is 12.6. The molecule has 2 saturated carbocycles. The number of carbonyl (C=O) groups is 1. The van der Waals surface area contributed by atoms with Gasteiger partial charge in [-0.15, -0.1) is 0 Å². The zero-order chi connectivity index (χ0) is 20.1. The van der Waals surface area contributed by atoms with Crippen LogP contribution in [0, 0.1) is 0 Å². The van der Waals surface area contributed by atoms with Crippen LogP contribution in [0.25, 0.3) is 16.6 Å². The molecule has 0 saturated heterocycles. The van der Waals surface area contributed by atoms with Gasteiger partial charge in [-0.05, 0) is 67.6 Å². The van der Waals surface area contributed by atoms with Crippen molar-refractivity contribution in [2.75, 3.05) is 5.32 Å². The summed E-state index contributed by atoms with van der Waals surface area (Å²) in [6.45, 7) is 0. The average Bonchev–Trinajstić information content (AvgIpc) is 3.70. The number of nitrogens with one attached hydrogen (secondary N) is 2. The van der Waals surface area contributed by atoms with Crippen molar-refractivity contribution in [2.45, 2.75) is 43.9 Å². The Bertz CT molecular complexity index is 1230. The maximum Gasteiger partial charge on any atom is 0.228 e. The van der Waals surface area contributed by atoms with E-state index in [-0.39, 0.29) is 5.91 Å². The smallest absolute Gasteiger partial charge is 0.228 e. The fourth-order valence-corrected chi connectivity index (χ4v) is 4.21. The number of anilines is 1. The quantitative estimate of drug-likeness (QED) is 0.465. The van der Waals surface area contributed by atoms with E-state index in [1.165, 1.54) is 37.1 Å². The van der Waals surface area contributed by atoms with Crippen molar-refractivity contribution in [2.24, 2.45) is 0 Å². The third-order valence-electron chi connectivity index (χ3n) is 6.17. The standard InChI is InChI=1S/C25H24N4O/c30-25(13-18-15-26-22-4-2-1-3-21(18)22)27-19-9-11-20(12-10-19)29-24(17-7-8-17)14-23(28-29)16-5-6-16/h1-4,9-12,14-17,26H,5-8,13H2,(H,27,30). The third kappa shape index (κ3) is 3.30. The van der Waals surface area contributed by atoms with Gasteiger partial charge in [0.15, 0.2) is 0 Å². The number of amides is 1. The van der Waals surface area contributed by atoms with Crippen LogP contribution in [0.1, 0.15) is 54.5 Å². The van der Waals surface area contributed by atoms with Crippen LogP contribution >= 0.6 is 0 Å². The Hall–Kier alpha value is -3.34. The lowest BCUT2D eigenvalue weighted by molar-refractivity contribution is -0.115. The molecule has 5 heteroatoms. The molecule has 0 spiro atoms. The summed E-state index contributed by atoms with van der Waals surface area (Å²) in [7, 11) is 0. The van der Waals surface area contributed by atoms with Crippen molar-refractivity contribution in [3.63, 3.8) is 0 Å². The van der Waals surface area contributed by atoms with Crippen LogP contribution in [0.15, 0.2) is 60.8 Å². The van der Waals surface area contributed by atoms with E-state index in [1.807, 2.05) is 42.6 Å². The highest BCUT2D eigenvalue weighted by Crippen LogP contribution is 2.45. The molecule has 1 amide bonds. The third-order valence-corrected chi connectivity index (χ3v) is 6.17. The van der Waals surface area contributed by atoms with Gasteiger partial charge >= 0.3 is 0 Å². The second kappa shape index (κ2) is 6.87. The zero-order valence-electron chi connectivity index (χ0n) is 16.8. The zero-order valence-corrected chi connectivity index (χ0v) is 16.8. The molecule has 6 rings (SSSR count). The van der Waals surface area contributed by atoms with Crippen LogP contribution in [0.3, 0.4) is 0 Å². The van der Waals surface area contributed by atoms with Gasteiger partial charge in [0.2, 0.25) is 5.91 Å². The molecule has 4 aromatic rings. The average molecular weight is 396 g/mol. The van der Waals surface area contributed by atoms with E-state index in [4.69, 9.17) is 5.10 Å². The number of benzene rings is 2.